The SMILES string of the molecule is C=c1nc(-c2ccc3ccccc3c2)c2c(sc3c4ccccc4n(-c4ccc(-c5ccc(-c6nc(-c7ccccc7)nc(-c7ccccc7)n6)cc5)cc4)c32)/c1=C/C=C\C. The molecular weight excluding hydrogens is 763 g/mol. The number of hydrogen-bond acceptors (Lipinski definition) is 5. The molecule has 0 aliphatic rings. The molecule has 5 nitrogen and oxygen atoms in total. The van der Waals surface area contributed by atoms with Gasteiger partial charge in [-0.1, -0.05) is 176 Å². The Balaban J connectivity index is 1.03. The van der Waals surface area contributed by atoms with E-state index in [1.54, 1.807) is 0 Å². The normalized spacial score (nSPS) is 12.1. The minimum Gasteiger partial charge on any atom is -0.308 e. The van der Waals surface area contributed by atoms with E-state index < -0.39 is 0 Å². The van der Waals surface area contributed by atoms with E-state index in [1.165, 1.54) is 25.6 Å². The first-order valence-electron chi connectivity index (χ1n) is 20.4. The van der Waals surface area contributed by atoms with Crippen LogP contribution in [0.4, 0.5) is 0 Å². The second kappa shape index (κ2) is 15.1. The van der Waals surface area contributed by atoms with Gasteiger partial charge in [0.2, 0.25) is 0 Å². The summed E-state index contributed by atoms with van der Waals surface area (Å²) in [5.41, 5.74) is 10.5. The van der Waals surface area contributed by atoms with E-state index in [0.717, 1.165) is 71.7 Å². The number of hydrogen-bond donors (Lipinski definition) is 0. The molecule has 0 amide bonds. The Hall–Kier alpha value is -7.80. The van der Waals surface area contributed by atoms with Crippen LogP contribution in [0.15, 0.2) is 188 Å². The molecule has 288 valence electrons. The molecule has 0 bridgehead atoms. The van der Waals surface area contributed by atoms with Crippen molar-refractivity contribution in [3.05, 3.63) is 199 Å². The van der Waals surface area contributed by atoms with Crippen molar-refractivity contribution >= 4 is 66.0 Å². The molecule has 0 fully saturated rings. The maximum atomic E-state index is 5.29. The highest BCUT2D eigenvalue weighted by atomic mass is 32.1. The number of thiophene rings is 1. The largest absolute Gasteiger partial charge is 0.308 e. The Morgan fingerprint density at radius 1 is 0.508 bits per heavy atom. The lowest BCUT2D eigenvalue weighted by Crippen LogP contribution is -2.27. The summed E-state index contributed by atoms with van der Waals surface area (Å²) < 4.78 is 4.84. The van der Waals surface area contributed by atoms with Crippen molar-refractivity contribution in [1.29, 1.82) is 0 Å². The number of allylic oxidation sites excluding steroid dienone is 2. The summed E-state index contributed by atoms with van der Waals surface area (Å²) in [5, 5.41) is 6.57. The molecule has 0 saturated heterocycles. The van der Waals surface area contributed by atoms with Gasteiger partial charge >= 0.3 is 0 Å². The van der Waals surface area contributed by atoms with Crippen molar-refractivity contribution in [3.63, 3.8) is 0 Å². The molecule has 0 aliphatic heterocycles. The minimum atomic E-state index is 0.635. The summed E-state index contributed by atoms with van der Waals surface area (Å²) in [4.78, 5) is 20.0. The third-order valence-corrected chi connectivity index (χ3v) is 12.6. The zero-order chi connectivity index (χ0) is 40.9. The van der Waals surface area contributed by atoms with Crippen LogP contribution in [0.3, 0.4) is 0 Å². The molecule has 0 N–H and O–H groups in total. The van der Waals surface area contributed by atoms with Gasteiger partial charge in [-0.3, -0.25) is 0 Å². The van der Waals surface area contributed by atoms with E-state index >= 15 is 0 Å². The predicted molar refractivity (Wildman–Crippen MR) is 256 cm³/mol. The van der Waals surface area contributed by atoms with Crippen LogP contribution in [0.1, 0.15) is 6.92 Å². The molecule has 0 aliphatic carbocycles. The van der Waals surface area contributed by atoms with Crippen molar-refractivity contribution in [3.8, 4) is 62.2 Å². The van der Waals surface area contributed by atoms with Crippen LogP contribution in [0.5, 0.6) is 0 Å². The first kappa shape index (κ1) is 36.3. The number of aromatic nitrogens is 5. The fourth-order valence-electron chi connectivity index (χ4n) is 8.32. The molecular formula is C55H37N5S. The number of benzene rings is 7. The number of fused-ring (bicyclic) bond motifs is 6. The Morgan fingerprint density at radius 3 is 1.70 bits per heavy atom. The first-order valence-corrected chi connectivity index (χ1v) is 21.2. The number of rotatable bonds is 7. The summed E-state index contributed by atoms with van der Waals surface area (Å²) in [6, 6.07) is 61.4. The number of nitrogens with zero attached hydrogens (tertiary/aromatic N) is 5. The maximum absolute atomic E-state index is 5.29. The Morgan fingerprint density at radius 2 is 1.05 bits per heavy atom. The Bertz CT molecular complexity index is 3530. The molecule has 6 heteroatoms. The Labute approximate surface area is 356 Å². The van der Waals surface area contributed by atoms with Crippen LogP contribution < -0.4 is 10.6 Å². The van der Waals surface area contributed by atoms with E-state index in [9.17, 15) is 0 Å². The zero-order valence-corrected chi connectivity index (χ0v) is 34.1. The molecule has 0 atom stereocenters. The smallest absolute Gasteiger partial charge is 0.164 e. The van der Waals surface area contributed by atoms with E-state index in [0.29, 0.717) is 17.5 Å². The lowest BCUT2D eigenvalue weighted by Gasteiger charge is -2.12. The lowest BCUT2D eigenvalue weighted by molar-refractivity contribution is 1.07. The van der Waals surface area contributed by atoms with Crippen LogP contribution in [0, 0.1) is 0 Å². The molecule has 4 aromatic heterocycles. The molecule has 0 saturated carbocycles. The molecule has 4 heterocycles. The van der Waals surface area contributed by atoms with Gasteiger partial charge in [-0.2, -0.15) is 0 Å². The fourth-order valence-corrected chi connectivity index (χ4v) is 9.69. The number of pyridine rings is 1. The van der Waals surface area contributed by atoms with Gasteiger partial charge in [-0.25, -0.2) is 19.9 Å². The van der Waals surface area contributed by atoms with Crippen LogP contribution in [-0.2, 0) is 0 Å². The van der Waals surface area contributed by atoms with Crippen molar-refractivity contribution in [2.24, 2.45) is 0 Å². The van der Waals surface area contributed by atoms with Crippen molar-refractivity contribution in [2.45, 2.75) is 6.92 Å². The number of para-hydroxylation sites is 1. The molecule has 11 rings (SSSR count). The topological polar surface area (TPSA) is 56.5 Å². The van der Waals surface area contributed by atoms with E-state index in [4.69, 9.17) is 19.9 Å². The lowest BCUT2D eigenvalue weighted by atomic mass is 10.0. The first-order chi connectivity index (χ1) is 30.1. The molecule has 11 aromatic rings. The summed E-state index contributed by atoms with van der Waals surface area (Å²) in [5.74, 6) is 1.93. The minimum absolute atomic E-state index is 0.635. The highest BCUT2D eigenvalue weighted by molar-refractivity contribution is 7.26. The second-order valence-electron chi connectivity index (χ2n) is 15.1. The zero-order valence-electron chi connectivity index (χ0n) is 33.3. The van der Waals surface area contributed by atoms with Gasteiger partial charge in [0.1, 0.15) is 0 Å². The van der Waals surface area contributed by atoms with Crippen molar-refractivity contribution in [1.82, 2.24) is 24.5 Å². The van der Waals surface area contributed by atoms with Gasteiger partial charge in [0.25, 0.3) is 0 Å². The van der Waals surface area contributed by atoms with Crippen molar-refractivity contribution in [2.75, 3.05) is 0 Å². The average Bonchev–Trinajstić information content (AvgIpc) is 3.86. The van der Waals surface area contributed by atoms with Crippen LogP contribution in [0.2, 0.25) is 0 Å². The van der Waals surface area contributed by atoms with Crippen LogP contribution >= 0.6 is 11.3 Å². The second-order valence-corrected chi connectivity index (χ2v) is 16.1. The third-order valence-electron chi connectivity index (χ3n) is 11.3. The molecule has 0 radical (unpaired) electrons. The van der Waals surface area contributed by atoms with Gasteiger partial charge in [0.15, 0.2) is 17.5 Å². The Kier molecular flexibility index (Phi) is 8.98. The van der Waals surface area contributed by atoms with Gasteiger partial charge in [0.05, 0.1) is 26.8 Å². The fraction of sp³-hybridized carbons (Fsp3) is 0.0182. The van der Waals surface area contributed by atoms with E-state index in [2.05, 4.69) is 145 Å². The van der Waals surface area contributed by atoms with Crippen molar-refractivity contribution < 1.29 is 0 Å². The summed E-state index contributed by atoms with van der Waals surface area (Å²) in [7, 11) is 0. The van der Waals surface area contributed by atoms with Gasteiger partial charge in [0, 0.05) is 48.6 Å². The average molecular weight is 800 g/mol. The standard InChI is InChI=1S/C55H37N5S/c1-3-4-21-45-35(2)56-49(43-29-26-36-15-11-12-20-42(36)34-43)48-50-52(61-51(45)48)46-22-13-14-23-47(46)60(50)44-32-30-38(31-33-44)37-24-27-41(28-25-37)55-58-53(39-16-7-5-8-17-39)57-54(59-55)40-18-9-6-10-19-40/h3-34H,2H2,1H3/b4-3-,45-21+. The van der Waals surface area contributed by atoms with Gasteiger partial charge in [-0.15, -0.1) is 11.3 Å². The monoisotopic (exact) mass is 799 g/mol. The summed E-state index contributed by atoms with van der Waals surface area (Å²) in [6.07, 6.45) is 6.28. The van der Waals surface area contributed by atoms with Crippen LogP contribution in [0.25, 0.3) is 117 Å². The molecule has 7 aromatic carbocycles. The van der Waals surface area contributed by atoms with Gasteiger partial charge < -0.3 is 4.57 Å². The van der Waals surface area contributed by atoms with Crippen LogP contribution in [-0.4, -0.2) is 24.5 Å². The van der Waals surface area contributed by atoms with E-state index in [-0.39, 0.29) is 0 Å². The molecule has 0 unspecified atom stereocenters. The highest BCUT2D eigenvalue weighted by Gasteiger charge is 2.22. The quantitative estimate of drug-likeness (QED) is 0.161. The molecule has 0 spiro atoms. The maximum Gasteiger partial charge on any atom is 0.164 e. The highest BCUT2D eigenvalue weighted by Crippen LogP contribution is 2.44. The van der Waals surface area contributed by atoms with E-state index in [1.807, 2.05) is 78.9 Å². The third kappa shape index (κ3) is 6.41. The molecule has 61 heavy (non-hydrogen) atoms. The summed E-state index contributed by atoms with van der Waals surface area (Å²) in [6.45, 7) is 6.52. The summed E-state index contributed by atoms with van der Waals surface area (Å²) >= 11 is 1.83. The van der Waals surface area contributed by atoms with Gasteiger partial charge in [-0.05, 0) is 53.1 Å². The predicted octanol–water partition coefficient (Wildman–Crippen LogP) is 12.8.